The van der Waals surface area contributed by atoms with Crippen molar-refractivity contribution < 1.29 is 19.8 Å². The lowest BCUT2D eigenvalue weighted by molar-refractivity contribution is -0.140. The molecule has 1 fully saturated rings. The van der Waals surface area contributed by atoms with Crippen molar-refractivity contribution in [3.05, 3.63) is 99.3 Å². The van der Waals surface area contributed by atoms with Crippen molar-refractivity contribution in [3.63, 3.8) is 0 Å². The summed E-state index contributed by atoms with van der Waals surface area (Å²) in [4.78, 5) is 31.5. The molecule has 2 heterocycles. The van der Waals surface area contributed by atoms with Gasteiger partial charge in [0.2, 0.25) is 0 Å². The van der Waals surface area contributed by atoms with E-state index >= 15 is 0 Å². The van der Waals surface area contributed by atoms with E-state index < -0.39 is 17.7 Å². The van der Waals surface area contributed by atoms with E-state index in [0.717, 1.165) is 0 Å². The predicted octanol–water partition coefficient (Wildman–Crippen LogP) is 4.72. The van der Waals surface area contributed by atoms with Crippen LogP contribution in [0.3, 0.4) is 0 Å². The number of likely N-dealkylation sites (tertiary alicyclic amines) is 1. The molecule has 0 saturated carbocycles. The van der Waals surface area contributed by atoms with Gasteiger partial charge in [-0.05, 0) is 48.0 Å². The topological polar surface area (TPSA) is 90.7 Å². The zero-order chi connectivity index (χ0) is 22.1. The number of hydrogen-bond donors (Lipinski definition) is 2. The third-order valence-electron chi connectivity index (χ3n) is 5.00. The number of ketones is 1. The van der Waals surface area contributed by atoms with Crippen LogP contribution in [0.1, 0.15) is 22.9 Å². The maximum absolute atomic E-state index is 13.0. The normalized spacial score (nSPS) is 17.9. The second kappa shape index (κ2) is 8.41. The summed E-state index contributed by atoms with van der Waals surface area (Å²) in [5.74, 6) is -1.91. The van der Waals surface area contributed by atoms with Crippen molar-refractivity contribution in [2.45, 2.75) is 12.6 Å². The minimum atomic E-state index is -0.878. The van der Waals surface area contributed by atoms with Gasteiger partial charge in [-0.25, -0.2) is 0 Å². The zero-order valence-electron chi connectivity index (χ0n) is 16.0. The van der Waals surface area contributed by atoms with Gasteiger partial charge in [-0.3, -0.25) is 14.6 Å². The summed E-state index contributed by atoms with van der Waals surface area (Å²) in [6, 6.07) is 14.9. The van der Waals surface area contributed by atoms with Gasteiger partial charge in [-0.15, -0.1) is 0 Å². The molecular formula is C23H16Cl2N2O4. The Bertz CT molecular complexity index is 1190. The predicted molar refractivity (Wildman–Crippen MR) is 117 cm³/mol. The first-order chi connectivity index (χ1) is 14.9. The average Bonchev–Trinajstić information content (AvgIpc) is 3.01. The van der Waals surface area contributed by atoms with Crippen molar-refractivity contribution in [1.29, 1.82) is 0 Å². The molecule has 1 atom stereocenters. The highest BCUT2D eigenvalue weighted by molar-refractivity contribution is 6.46. The van der Waals surface area contributed by atoms with Crippen molar-refractivity contribution in [2.75, 3.05) is 0 Å². The highest BCUT2D eigenvalue weighted by atomic mass is 35.5. The van der Waals surface area contributed by atoms with E-state index in [1.165, 1.54) is 35.2 Å². The lowest BCUT2D eigenvalue weighted by atomic mass is 9.95. The molecule has 2 N–H and O–H groups in total. The zero-order valence-corrected chi connectivity index (χ0v) is 17.5. The highest BCUT2D eigenvalue weighted by Gasteiger charge is 2.46. The van der Waals surface area contributed by atoms with Gasteiger partial charge in [0.1, 0.15) is 11.5 Å². The smallest absolute Gasteiger partial charge is 0.296 e. The van der Waals surface area contributed by atoms with Crippen LogP contribution >= 0.6 is 23.2 Å². The van der Waals surface area contributed by atoms with Gasteiger partial charge in [0, 0.05) is 11.8 Å². The third kappa shape index (κ3) is 4.00. The van der Waals surface area contributed by atoms with E-state index in [2.05, 4.69) is 4.98 Å². The fourth-order valence-electron chi connectivity index (χ4n) is 3.51. The minimum absolute atomic E-state index is 0.0370. The molecule has 0 radical (unpaired) electrons. The molecule has 1 aliphatic rings. The van der Waals surface area contributed by atoms with Gasteiger partial charge < -0.3 is 15.1 Å². The first-order valence-corrected chi connectivity index (χ1v) is 10.0. The fraction of sp³-hybridized carbons (Fsp3) is 0.0870. The number of carbonyl (C=O) groups excluding carboxylic acids is 2. The molecule has 156 valence electrons. The summed E-state index contributed by atoms with van der Waals surface area (Å²) in [7, 11) is 0. The van der Waals surface area contributed by atoms with Crippen LogP contribution in [0.4, 0.5) is 0 Å². The second-order valence-corrected chi connectivity index (χ2v) is 7.78. The number of Topliss-reactive ketones (excluding diaryl/α,β-unsaturated/α-hetero) is 1. The Balaban J connectivity index is 1.87. The summed E-state index contributed by atoms with van der Waals surface area (Å²) in [6.45, 7) is 0.0646. The Morgan fingerprint density at radius 2 is 1.74 bits per heavy atom. The molecule has 1 saturated heterocycles. The molecule has 8 heteroatoms. The van der Waals surface area contributed by atoms with Crippen LogP contribution in [0.25, 0.3) is 5.76 Å². The summed E-state index contributed by atoms with van der Waals surface area (Å²) in [5.41, 5.74) is 1.32. The average molecular weight is 455 g/mol. The maximum atomic E-state index is 13.0. The van der Waals surface area contributed by atoms with Crippen LogP contribution in [0.15, 0.2) is 72.4 Å². The van der Waals surface area contributed by atoms with E-state index in [0.29, 0.717) is 16.3 Å². The molecule has 2 aromatic carbocycles. The van der Waals surface area contributed by atoms with E-state index in [1.807, 2.05) is 0 Å². The molecule has 1 unspecified atom stereocenters. The van der Waals surface area contributed by atoms with Crippen LogP contribution in [0.2, 0.25) is 10.0 Å². The van der Waals surface area contributed by atoms with Crippen molar-refractivity contribution >= 4 is 40.7 Å². The number of hydrogen-bond acceptors (Lipinski definition) is 5. The molecule has 1 aliphatic heterocycles. The number of amides is 1. The number of halogens is 2. The Labute approximate surface area is 188 Å². The Kier molecular flexibility index (Phi) is 5.67. The number of benzene rings is 2. The Morgan fingerprint density at radius 3 is 2.39 bits per heavy atom. The van der Waals surface area contributed by atoms with Gasteiger partial charge in [0.05, 0.1) is 33.9 Å². The number of aliphatic hydroxyl groups excluding tert-OH is 1. The van der Waals surface area contributed by atoms with Crippen LogP contribution in [-0.4, -0.2) is 31.8 Å². The van der Waals surface area contributed by atoms with E-state index in [-0.39, 0.29) is 34.2 Å². The van der Waals surface area contributed by atoms with Crippen LogP contribution in [0.5, 0.6) is 5.75 Å². The monoisotopic (exact) mass is 454 g/mol. The Hall–Kier alpha value is -3.35. The molecule has 3 aromatic rings. The van der Waals surface area contributed by atoms with Crippen LogP contribution < -0.4 is 0 Å². The number of aromatic nitrogens is 1. The van der Waals surface area contributed by atoms with Crippen molar-refractivity contribution in [1.82, 2.24) is 9.88 Å². The summed E-state index contributed by atoms with van der Waals surface area (Å²) in [5, 5.41) is 21.2. The molecule has 1 amide bonds. The van der Waals surface area contributed by atoms with Gasteiger partial charge in [-0.2, -0.15) is 0 Å². The lowest BCUT2D eigenvalue weighted by Crippen LogP contribution is -2.29. The van der Waals surface area contributed by atoms with Crippen LogP contribution in [-0.2, 0) is 16.1 Å². The van der Waals surface area contributed by atoms with E-state index in [4.69, 9.17) is 23.2 Å². The minimum Gasteiger partial charge on any atom is -0.508 e. The first-order valence-electron chi connectivity index (χ1n) is 9.29. The quantitative estimate of drug-likeness (QED) is 0.338. The van der Waals surface area contributed by atoms with Gasteiger partial charge in [-0.1, -0.05) is 41.4 Å². The number of carbonyl (C=O) groups is 2. The molecule has 1 aromatic heterocycles. The number of phenolic OH excluding ortho intramolecular Hbond substituents is 1. The van der Waals surface area contributed by atoms with Gasteiger partial charge >= 0.3 is 0 Å². The molecule has 6 nitrogen and oxygen atoms in total. The number of aromatic hydroxyl groups is 1. The van der Waals surface area contributed by atoms with E-state index in [1.54, 1.807) is 36.5 Å². The highest BCUT2D eigenvalue weighted by Crippen LogP contribution is 2.41. The largest absolute Gasteiger partial charge is 0.508 e. The number of rotatable bonds is 4. The number of phenols is 1. The molecule has 31 heavy (non-hydrogen) atoms. The second-order valence-electron chi connectivity index (χ2n) is 6.97. The van der Waals surface area contributed by atoms with Crippen LogP contribution in [0, 0.1) is 0 Å². The number of nitrogens with zero attached hydrogens (tertiary/aromatic N) is 2. The number of pyridine rings is 1. The first kappa shape index (κ1) is 20.9. The number of aliphatic hydroxyl groups is 1. The Morgan fingerprint density at radius 1 is 1.00 bits per heavy atom. The maximum Gasteiger partial charge on any atom is 0.296 e. The molecule has 0 spiro atoms. The molecular weight excluding hydrogens is 439 g/mol. The SMILES string of the molecule is O=C1C(=O)N(Cc2ccccn2)C(c2ccc(O)cc2)/C1=C(/O)c1ccc(Cl)c(Cl)c1. The third-order valence-corrected chi connectivity index (χ3v) is 5.74. The standard InChI is InChI=1S/C23H16Cl2N2O4/c24-17-9-6-14(11-18(17)25)21(29)19-20(13-4-7-16(28)8-5-13)27(23(31)22(19)30)12-15-3-1-2-10-26-15/h1-11,20,28-29H,12H2/b21-19-. The molecule has 0 bridgehead atoms. The molecule has 4 rings (SSSR count). The van der Waals surface area contributed by atoms with E-state index in [9.17, 15) is 19.8 Å². The van der Waals surface area contributed by atoms with Gasteiger partial charge in [0.15, 0.2) is 0 Å². The lowest BCUT2D eigenvalue weighted by Gasteiger charge is -2.25. The van der Waals surface area contributed by atoms with Gasteiger partial charge in [0.25, 0.3) is 11.7 Å². The summed E-state index contributed by atoms with van der Waals surface area (Å²) in [6.07, 6.45) is 1.59. The van der Waals surface area contributed by atoms with Crippen molar-refractivity contribution in [2.24, 2.45) is 0 Å². The summed E-state index contributed by atoms with van der Waals surface area (Å²) >= 11 is 12.0. The van der Waals surface area contributed by atoms with Crippen molar-refractivity contribution in [3.8, 4) is 5.75 Å². The molecule has 0 aliphatic carbocycles. The summed E-state index contributed by atoms with van der Waals surface area (Å²) < 4.78 is 0. The fourth-order valence-corrected chi connectivity index (χ4v) is 3.81.